The Balaban J connectivity index is 1.72. The summed E-state index contributed by atoms with van der Waals surface area (Å²) in [5, 5.41) is 21.4. The quantitative estimate of drug-likeness (QED) is 0.624. The highest BCUT2D eigenvalue weighted by Gasteiger charge is 2.16. The van der Waals surface area contributed by atoms with E-state index in [4.69, 9.17) is 0 Å². The molecular weight excluding hydrogens is 308 g/mol. The molecule has 0 aliphatic rings. The van der Waals surface area contributed by atoms with E-state index in [0.29, 0.717) is 5.92 Å². The van der Waals surface area contributed by atoms with Gasteiger partial charge in [-0.15, -0.1) is 10.2 Å². The summed E-state index contributed by atoms with van der Waals surface area (Å²) in [6.07, 6.45) is 0.979. The Morgan fingerprint density at radius 1 is 1.17 bits per heavy atom. The van der Waals surface area contributed by atoms with E-state index in [0.717, 1.165) is 39.2 Å². The zero-order valence-electron chi connectivity index (χ0n) is 12.9. The number of hydrogen-bond donors (Lipinski definition) is 1. The van der Waals surface area contributed by atoms with Gasteiger partial charge in [0.1, 0.15) is 5.69 Å². The van der Waals surface area contributed by atoms with Crippen molar-refractivity contribution in [2.75, 3.05) is 0 Å². The summed E-state index contributed by atoms with van der Waals surface area (Å²) in [6, 6.07) is 12.0. The van der Waals surface area contributed by atoms with E-state index < -0.39 is 0 Å². The first-order valence-corrected chi connectivity index (χ1v) is 8.34. The standard InChI is InChI=1S/C16H16N6S/c1-10(2)8-12-9-13(18-17-12)15-21-22-14(19-20-16(22)23-15)11-6-4-3-5-7-11/h3-7,9-10H,8H2,1-2H3,(H,17,18). The van der Waals surface area contributed by atoms with Gasteiger partial charge < -0.3 is 0 Å². The molecule has 7 heteroatoms. The van der Waals surface area contributed by atoms with Crippen molar-refractivity contribution >= 4 is 16.3 Å². The summed E-state index contributed by atoms with van der Waals surface area (Å²) in [7, 11) is 0. The Kier molecular flexibility index (Phi) is 3.42. The topological polar surface area (TPSA) is 71.8 Å². The minimum Gasteiger partial charge on any atom is -0.282 e. The highest BCUT2D eigenvalue weighted by molar-refractivity contribution is 7.19. The Hall–Kier alpha value is -2.54. The number of benzene rings is 1. The monoisotopic (exact) mass is 324 g/mol. The van der Waals surface area contributed by atoms with Crippen molar-refractivity contribution in [3.05, 3.63) is 42.1 Å². The second kappa shape index (κ2) is 5.58. The van der Waals surface area contributed by atoms with Gasteiger partial charge in [-0.25, -0.2) is 0 Å². The number of aromatic nitrogens is 6. The molecule has 0 spiro atoms. The first kappa shape index (κ1) is 14.1. The first-order chi connectivity index (χ1) is 11.2. The molecule has 6 nitrogen and oxygen atoms in total. The molecule has 0 saturated heterocycles. The maximum atomic E-state index is 4.64. The molecule has 3 heterocycles. The lowest BCUT2D eigenvalue weighted by atomic mass is 10.1. The van der Waals surface area contributed by atoms with Crippen LogP contribution in [-0.4, -0.2) is 30.0 Å². The third-order valence-corrected chi connectivity index (χ3v) is 4.42. The maximum Gasteiger partial charge on any atom is 0.235 e. The van der Waals surface area contributed by atoms with Gasteiger partial charge in [0.25, 0.3) is 0 Å². The fourth-order valence-electron chi connectivity index (χ4n) is 2.50. The van der Waals surface area contributed by atoms with Crippen molar-refractivity contribution < 1.29 is 0 Å². The molecule has 0 aliphatic carbocycles. The van der Waals surface area contributed by atoms with E-state index in [1.165, 1.54) is 11.3 Å². The Morgan fingerprint density at radius 3 is 2.78 bits per heavy atom. The van der Waals surface area contributed by atoms with Gasteiger partial charge >= 0.3 is 0 Å². The highest BCUT2D eigenvalue weighted by Crippen LogP contribution is 2.27. The summed E-state index contributed by atoms with van der Waals surface area (Å²) >= 11 is 1.49. The van der Waals surface area contributed by atoms with Crippen molar-refractivity contribution in [2.24, 2.45) is 5.92 Å². The lowest BCUT2D eigenvalue weighted by Gasteiger charge is -1.98. The van der Waals surface area contributed by atoms with Crippen molar-refractivity contribution in [3.8, 4) is 22.1 Å². The third kappa shape index (κ3) is 2.63. The molecule has 23 heavy (non-hydrogen) atoms. The fraction of sp³-hybridized carbons (Fsp3) is 0.250. The average molecular weight is 324 g/mol. The maximum absolute atomic E-state index is 4.64. The zero-order valence-corrected chi connectivity index (χ0v) is 13.7. The molecule has 1 N–H and O–H groups in total. The fourth-order valence-corrected chi connectivity index (χ4v) is 3.30. The second-order valence-corrected chi connectivity index (χ2v) is 6.82. The largest absolute Gasteiger partial charge is 0.282 e. The number of nitrogens with zero attached hydrogens (tertiary/aromatic N) is 5. The van der Waals surface area contributed by atoms with Crippen molar-refractivity contribution in [3.63, 3.8) is 0 Å². The van der Waals surface area contributed by atoms with Gasteiger partial charge in [0, 0.05) is 11.3 Å². The predicted molar refractivity (Wildman–Crippen MR) is 90.2 cm³/mol. The molecule has 0 amide bonds. The van der Waals surface area contributed by atoms with Gasteiger partial charge in [0.2, 0.25) is 4.96 Å². The van der Waals surface area contributed by atoms with Crippen LogP contribution in [0.1, 0.15) is 19.5 Å². The molecule has 0 bridgehead atoms. The SMILES string of the molecule is CC(C)Cc1cc(-c2nn3c(-c4ccccc4)nnc3s2)n[nH]1. The first-order valence-electron chi connectivity index (χ1n) is 7.53. The van der Waals surface area contributed by atoms with Gasteiger partial charge in [-0.2, -0.15) is 14.7 Å². The van der Waals surface area contributed by atoms with Crippen molar-refractivity contribution in [1.82, 2.24) is 30.0 Å². The highest BCUT2D eigenvalue weighted by atomic mass is 32.1. The Bertz CT molecular complexity index is 934. The predicted octanol–water partition coefficient (Wildman–Crippen LogP) is 3.44. The van der Waals surface area contributed by atoms with Crippen LogP contribution in [-0.2, 0) is 6.42 Å². The zero-order chi connectivity index (χ0) is 15.8. The number of fused-ring (bicyclic) bond motifs is 1. The van der Waals surface area contributed by atoms with Gasteiger partial charge in [0.05, 0.1) is 0 Å². The summed E-state index contributed by atoms with van der Waals surface area (Å²) < 4.78 is 1.78. The molecule has 0 unspecified atom stereocenters. The van der Waals surface area contributed by atoms with Gasteiger partial charge in [-0.1, -0.05) is 55.5 Å². The molecule has 4 rings (SSSR count). The van der Waals surface area contributed by atoms with Crippen molar-refractivity contribution in [1.29, 1.82) is 0 Å². The molecule has 1 aromatic carbocycles. The molecule has 4 aromatic rings. The number of hydrogen-bond acceptors (Lipinski definition) is 5. The number of aromatic amines is 1. The van der Waals surface area contributed by atoms with Gasteiger partial charge in [-0.05, 0) is 18.4 Å². The molecule has 0 fully saturated rings. The van der Waals surface area contributed by atoms with E-state index >= 15 is 0 Å². The van der Waals surface area contributed by atoms with E-state index in [1.54, 1.807) is 4.52 Å². The normalized spacial score (nSPS) is 11.6. The van der Waals surface area contributed by atoms with Crippen LogP contribution in [0, 0.1) is 5.92 Å². The van der Waals surface area contributed by atoms with Crippen molar-refractivity contribution in [2.45, 2.75) is 20.3 Å². The summed E-state index contributed by atoms with van der Waals surface area (Å²) in [4.78, 5) is 0.771. The van der Waals surface area contributed by atoms with E-state index in [1.807, 2.05) is 30.3 Å². The third-order valence-electron chi connectivity index (χ3n) is 3.50. The van der Waals surface area contributed by atoms with Crippen LogP contribution in [0.5, 0.6) is 0 Å². The number of rotatable bonds is 4. The Labute approximate surface area is 137 Å². The number of nitrogens with one attached hydrogen (secondary N) is 1. The van der Waals surface area contributed by atoms with Crippen LogP contribution in [0.25, 0.3) is 27.1 Å². The minimum atomic E-state index is 0.589. The van der Waals surface area contributed by atoms with Crippen LogP contribution >= 0.6 is 11.3 Å². The second-order valence-electron chi connectivity index (χ2n) is 5.87. The molecule has 116 valence electrons. The summed E-state index contributed by atoms with van der Waals surface area (Å²) in [5.41, 5.74) is 2.98. The van der Waals surface area contributed by atoms with Crippen LogP contribution in [0.4, 0.5) is 0 Å². The molecular formula is C16H16N6S. The summed E-state index contributed by atoms with van der Waals surface area (Å²) in [6.45, 7) is 4.38. The molecule has 0 atom stereocenters. The summed E-state index contributed by atoms with van der Waals surface area (Å²) in [5.74, 6) is 1.34. The van der Waals surface area contributed by atoms with Gasteiger partial charge in [0.15, 0.2) is 10.8 Å². The minimum absolute atomic E-state index is 0.589. The number of H-pyrrole nitrogens is 1. The Morgan fingerprint density at radius 2 is 2.00 bits per heavy atom. The van der Waals surface area contributed by atoms with E-state index in [2.05, 4.69) is 45.4 Å². The lowest BCUT2D eigenvalue weighted by molar-refractivity contribution is 0.633. The molecule has 0 aliphatic heterocycles. The van der Waals surface area contributed by atoms with Crippen LogP contribution in [0.2, 0.25) is 0 Å². The van der Waals surface area contributed by atoms with Crippen LogP contribution in [0.15, 0.2) is 36.4 Å². The van der Waals surface area contributed by atoms with Crippen LogP contribution < -0.4 is 0 Å². The van der Waals surface area contributed by atoms with Gasteiger partial charge in [-0.3, -0.25) is 5.10 Å². The van der Waals surface area contributed by atoms with Crippen LogP contribution in [0.3, 0.4) is 0 Å². The molecule has 0 radical (unpaired) electrons. The molecule has 0 saturated carbocycles. The smallest absolute Gasteiger partial charge is 0.235 e. The van der Waals surface area contributed by atoms with E-state index in [9.17, 15) is 0 Å². The van der Waals surface area contributed by atoms with E-state index in [-0.39, 0.29) is 0 Å². The average Bonchev–Trinajstić information content (AvgIpc) is 3.21. The lowest BCUT2D eigenvalue weighted by Crippen LogP contribution is -1.93. The molecule has 3 aromatic heterocycles.